The Hall–Kier alpha value is -0.790. The van der Waals surface area contributed by atoms with Gasteiger partial charge in [0.05, 0.1) is 0 Å². The van der Waals surface area contributed by atoms with Crippen molar-refractivity contribution in [3.8, 4) is 0 Å². The average molecular weight is 380 g/mol. The number of allylic oxidation sites excluding steroid dienone is 2. The van der Waals surface area contributed by atoms with Crippen molar-refractivity contribution in [2.45, 2.75) is 130 Å². The highest BCUT2D eigenvalue weighted by molar-refractivity contribution is 5.75. The van der Waals surface area contributed by atoms with E-state index in [0.717, 1.165) is 19.4 Å². The van der Waals surface area contributed by atoms with Crippen LogP contribution in [0.2, 0.25) is 0 Å². The molecule has 2 heteroatoms. The van der Waals surface area contributed by atoms with E-state index in [0.29, 0.717) is 6.42 Å². The number of nitrogens with one attached hydrogen (secondary N) is 1. The zero-order valence-corrected chi connectivity index (χ0v) is 19.1. The van der Waals surface area contributed by atoms with Gasteiger partial charge >= 0.3 is 0 Å². The summed E-state index contributed by atoms with van der Waals surface area (Å²) >= 11 is 0. The molecule has 0 aliphatic carbocycles. The van der Waals surface area contributed by atoms with Crippen LogP contribution in [-0.4, -0.2) is 12.5 Å². The Balaban J connectivity index is 3.22. The average Bonchev–Trinajstić information content (AvgIpc) is 2.62. The Bertz CT molecular complexity index is 354. The Morgan fingerprint density at radius 1 is 0.741 bits per heavy atom. The molecule has 0 heterocycles. The van der Waals surface area contributed by atoms with Crippen LogP contribution in [0.1, 0.15) is 130 Å². The third-order valence-electron chi connectivity index (χ3n) is 5.11. The molecule has 0 bridgehead atoms. The van der Waals surface area contributed by atoms with Crippen molar-refractivity contribution in [2.75, 3.05) is 6.54 Å². The van der Waals surface area contributed by atoms with Gasteiger partial charge in [0.25, 0.3) is 0 Å². The fourth-order valence-corrected chi connectivity index (χ4v) is 3.18. The predicted octanol–water partition coefficient (Wildman–Crippen LogP) is 7.97. The van der Waals surface area contributed by atoms with E-state index < -0.39 is 0 Å². The fourth-order valence-electron chi connectivity index (χ4n) is 3.18. The van der Waals surface area contributed by atoms with Gasteiger partial charge in [-0.2, -0.15) is 0 Å². The van der Waals surface area contributed by atoms with Crippen molar-refractivity contribution in [3.63, 3.8) is 0 Å². The zero-order valence-electron chi connectivity index (χ0n) is 19.1. The summed E-state index contributed by atoms with van der Waals surface area (Å²) < 4.78 is 0. The molecule has 0 atom stereocenters. The molecule has 1 N–H and O–H groups in total. The summed E-state index contributed by atoms with van der Waals surface area (Å²) in [5.74, 6) is 0.220. The van der Waals surface area contributed by atoms with E-state index in [9.17, 15) is 4.79 Å². The van der Waals surface area contributed by atoms with E-state index in [-0.39, 0.29) is 11.3 Å². The third kappa shape index (κ3) is 23.2. The lowest BCUT2D eigenvalue weighted by atomic mass is 9.90. The predicted molar refractivity (Wildman–Crippen MR) is 121 cm³/mol. The molecule has 0 aliphatic heterocycles. The van der Waals surface area contributed by atoms with Gasteiger partial charge < -0.3 is 5.32 Å². The summed E-state index contributed by atoms with van der Waals surface area (Å²) in [5, 5.41) is 3.06. The zero-order chi connectivity index (χ0) is 20.2. The van der Waals surface area contributed by atoms with Crippen LogP contribution in [0.5, 0.6) is 0 Å². The maximum atomic E-state index is 11.7. The van der Waals surface area contributed by atoms with Crippen LogP contribution in [0.3, 0.4) is 0 Å². The van der Waals surface area contributed by atoms with Crippen LogP contribution in [0.4, 0.5) is 0 Å². The molecule has 0 radical (unpaired) electrons. The number of amides is 1. The highest BCUT2D eigenvalue weighted by Crippen LogP contribution is 2.20. The summed E-state index contributed by atoms with van der Waals surface area (Å²) in [5.41, 5.74) is 0.251. The molecule has 0 aromatic carbocycles. The van der Waals surface area contributed by atoms with Crippen LogP contribution in [0, 0.1) is 5.41 Å². The van der Waals surface area contributed by atoms with Crippen molar-refractivity contribution in [2.24, 2.45) is 5.41 Å². The number of carbonyl (C=O) groups is 1. The first-order valence-corrected chi connectivity index (χ1v) is 11.9. The van der Waals surface area contributed by atoms with Crippen molar-refractivity contribution in [1.29, 1.82) is 0 Å². The molecular formula is C25H49NO. The largest absolute Gasteiger partial charge is 0.356 e. The Kier molecular flexibility index (Phi) is 18.0. The molecule has 0 saturated heterocycles. The smallest absolute Gasteiger partial charge is 0.220 e. The SMILES string of the molecule is CCCCCCCC/C=C\CCCCCCCCNC(=O)CCC(C)(C)C. The summed E-state index contributed by atoms with van der Waals surface area (Å²) in [6.45, 7) is 9.69. The maximum Gasteiger partial charge on any atom is 0.220 e. The number of rotatable bonds is 18. The van der Waals surface area contributed by atoms with E-state index in [1.54, 1.807) is 0 Å². The van der Waals surface area contributed by atoms with Crippen LogP contribution in [-0.2, 0) is 4.79 Å². The highest BCUT2D eigenvalue weighted by atomic mass is 16.1. The first kappa shape index (κ1) is 26.2. The number of hydrogen-bond donors (Lipinski definition) is 1. The molecule has 0 fully saturated rings. The third-order valence-corrected chi connectivity index (χ3v) is 5.11. The van der Waals surface area contributed by atoms with Crippen molar-refractivity contribution < 1.29 is 4.79 Å². The van der Waals surface area contributed by atoms with Gasteiger partial charge in [-0.3, -0.25) is 4.79 Å². The van der Waals surface area contributed by atoms with E-state index in [1.165, 1.54) is 83.5 Å². The number of unbranched alkanes of at least 4 members (excludes halogenated alkanes) is 12. The lowest BCUT2D eigenvalue weighted by Crippen LogP contribution is -2.25. The van der Waals surface area contributed by atoms with Crippen molar-refractivity contribution in [3.05, 3.63) is 12.2 Å². The van der Waals surface area contributed by atoms with E-state index in [4.69, 9.17) is 0 Å². The van der Waals surface area contributed by atoms with E-state index in [1.807, 2.05) is 0 Å². The molecule has 27 heavy (non-hydrogen) atoms. The fraction of sp³-hybridized carbons (Fsp3) is 0.880. The highest BCUT2D eigenvalue weighted by Gasteiger charge is 2.12. The molecule has 0 saturated carbocycles. The summed E-state index contributed by atoms with van der Waals surface area (Å²) in [7, 11) is 0. The molecule has 0 aromatic rings. The van der Waals surface area contributed by atoms with Gasteiger partial charge in [0.2, 0.25) is 5.91 Å². The summed E-state index contributed by atoms with van der Waals surface area (Å²) in [4.78, 5) is 11.7. The Morgan fingerprint density at radius 3 is 1.74 bits per heavy atom. The van der Waals surface area contributed by atoms with E-state index in [2.05, 4.69) is 45.2 Å². The second kappa shape index (κ2) is 18.6. The molecule has 0 spiro atoms. The van der Waals surface area contributed by atoms with Gasteiger partial charge in [0.15, 0.2) is 0 Å². The Morgan fingerprint density at radius 2 is 1.22 bits per heavy atom. The molecule has 1 amide bonds. The Labute approximate surface area is 171 Å². The number of hydrogen-bond acceptors (Lipinski definition) is 1. The molecule has 0 aliphatic rings. The van der Waals surface area contributed by atoms with E-state index >= 15 is 0 Å². The van der Waals surface area contributed by atoms with Gasteiger partial charge in [0.1, 0.15) is 0 Å². The first-order valence-electron chi connectivity index (χ1n) is 11.9. The second-order valence-electron chi connectivity index (χ2n) is 9.35. The van der Waals surface area contributed by atoms with Crippen LogP contribution < -0.4 is 5.32 Å². The lowest BCUT2D eigenvalue weighted by molar-refractivity contribution is -0.121. The van der Waals surface area contributed by atoms with Gasteiger partial charge in [0, 0.05) is 13.0 Å². The molecule has 0 unspecified atom stereocenters. The topological polar surface area (TPSA) is 29.1 Å². The molecular weight excluding hydrogens is 330 g/mol. The van der Waals surface area contributed by atoms with Gasteiger partial charge in [-0.25, -0.2) is 0 Å². The molecule has 2 nitrogen and oxygen atoms in total. The van der Waals surface area contributed by atoms with Gasteiger partial charge in [-0.1, -0.05) is 97.6 Å². The normalized spacial score (nSPS) is 12.0. The molecule has 160 valence electrons. The first-order chi connectivity index (χ1) is 13.0. The maximum absolute atomic E-state index is 11.7. The summed E-state index contributed by atoms with van der Waals surface area (Å²) in [6.07, 6.45) is 25.0. The minimum absolute atomic E-state index is 0.220. The van der Waals surface area contributed by atoms with Crippen LogP contribution >= 0.6 is 0 Å². The number of carbonyl (C=O) groups excluding carboxylic acids is 1. The monoisotopic (exact) mass is 379 g/mol. The standard InChI is InChI=1S/C25H49NO/c1-5-6-7-8-9-10-11-12-13-14-15-16-17-18-19-20-23-26-24(27)21-22-25(2,3)4/h12-13H,5-11,14-23H2,1-4H3,(H,26,27)/b13-12-. The quantitative estimate of drug-likeness (QED) is 0.190. The summed E-state index contributed by atoms with van der Waals surface area (Å²) in [6, 6.07) is 0. The molecule has 0 aromatic heterocycles. The minimum Gasteiger partial charge on any atom is -0.356 e. The second-order valence-corrected chi connectivity index (χ2v) is 9.35. The van der Waals surface area contributed by atoms with Crippen molar-refractivity contribution >= 4 is 5.91 Å². The van der Waals surface area contributed by atoms with Crippen LogP contribution in [0.25, 0.3) is 0 Å². The van der Waals surface area contributed by atoms with Gasteiger partial charge in [-0.15, -0.1) is 0 Å². The van der Waals surface area contributed by atoms with Gasteiger partial charge in [-0.05, 0) is 43.9 Å². The molecule has 0 rings (SSSR count). The van der Waals surface area contributed by atoms with Crippen molar-refractivity contribution in [1.82, 2.24) is 5.32 Å². The van der Waals surface area contributed by atoms with Crippen LogP contribution in [0.15, 0.2) is 12.2 Å². The lowest BCUT2D eigenvalue weighted by Gasteiger charge is -2.17. The minimum atomic E-state index is 0.220.